The van der Waals surface area contributed by atoms with Crippen LogP contribution in [0.4, 0.5) is 0 Å². The highest BCUT2D eigenvalue weighted by Crippen LogP contribution is 2.18. The number of aliphatic hydroxyl groups excluding tert-OH is 1. The van der Waals surface area contributed by atoms with Gasteiger partial charge in [0.2, 0.25) is 5.91 Å². The van der Waals surface area contributed by atoms with Crippen LogP contribution < -0.4 is 5.32 Å². The third-order valence-corrected chi connectivity index (χ3v) is 5.03. The van der Waals surface area contributed by atoms with Crippen molar-refractivity contribution in [3.05, 3.63) is 0 Å². The van der Waals surface area contributed by atoms with E-state index in [0.717, 1.165) is 52.0 Å². The van der Waals surface area contributed by atoms with Gasteiger partial charge in [0.05, 0.1) is 6.10 Å². The molecular weight excluding hydrogens is 278 g/mol. The van der Waals surface area contributed by atoms with E-state index in [9.17, 15) is 9.90 Å². The molecule has 2 fully saturated rings. The van der Waals surface area contributed by atoms with Gasteiger partial charge in [0.25, 0.3) is 0 Å². The van der Waals surface area contributed by atoms with Crippen molar-refractivity contribution in [2.75, 3.05) is 32.7 Å². The molecule has 2 atom stereocenters. The molecule has 0 aromatic heterocycles. The van der Waals surface area contributed by atoms with E-state index in [1.165, 1.54) is 12.8 Å². The van der Waals surface area contributed by atoms with Crippen molar-refractivity contribution in [2.45, 2.75) is 70.6 Å². The van der Waals surface area contributed by atoms with Crippen molar-refractivity contribution in [1.82, 2.24) is 15.1 Å². The van der Waals surface area contributed by atoms with Gasteiger partial charge in [-0.15, -0.1) is 0 Å². The minimum absolute atomic E-state index is 0.214. The average molecular weight is 311 g/mol. The number of carbonyl (C=O) groups excluding carboxylic acids is 1. The largest absolute Gasteiger partial charge is 0.392 e. The van der Waals surface area contributed by atoms with Gasteiger partial charge in [-0.3, -0.25) is 14.6 Å². The molecular formula is C17H33N3O2. The number of nitrogens with zero attached hydrogens (tertiary/aromatic N) is 2. The zero-order valence-corrected chi connectivity index (χ0v) is 14.3. The lowest BCUT2D eigenvalue weighted by molar-refractivity contribution is -0.122. The summed E-state index contributed by atoms with van der Waals surface area (Å²) in [5.74, 6) is 0.214. The molecule has 1 saturated carbocycles. The summed E-state index contributed by atoms with van der Waals surface area (Å²) in [6, 6.07) is 0.931. The van der Waals surface area contributed by atoms with Crippen LogP contribution in [0.1, 0.15) is 52.4 Å². The standard InChI is InChI=1S/C17H33N3O2/c1-3-16-13-19(10-11-20(16)12-14(2)21)9-8-17(22)18-15-6-4-5-7-15/h14-16,21H,3-13H2,1-2H3,(H,18,22)/t14-,16+/m0/s1. The maximum absolute atomic E-state index is 12.0. The third-order valence-electron chi connectivity index (χ3n) is 5.03. The van der Waals surface area contributed by atoms with E-state index < -0.39 is 0 Å². The van der Waals surface area contributed by atoms with E-state index in [-0.39, 0.29) is 12.0 Å². The second kappa shape index (κ2) is 8.85. The van der Waals surface area contributed by atoms with E-state index in [2.05, 4.69) is 22.0 Å². The number of β-amino-alcohol motifs (C(OH)–C–C–N with tert-alkyl or cyclic N) is 1. The van der Waals surface area contributed by atoms with Gasteiger partial charge in [-0.25, -0.2) is 0 Å². The van der Waals surface area contributed by atoms with Crippen LogP contribution in [0.2, 0.25) is 0 Å². The molecule has 22 heavy (non-hydrogen) atoms. The monoisotopic (exact) mass is 311 g/mol. The molecule has 0 radical (unpaired) electrons. The number of aliphatic hydroxyl groups is 1. The first kappa shape index (κ1) is 17.7. The molecule has 1 heterocycles. The molecule has 2 N–H and O–H groups in total. The number of nitrogens with one attached hydrogen (secondary N) is 1. The summed E-state index contributed by atoms with van der Waals surface area (Å²) < 4.78 is 0. The molecule has 2 rings (SSSR count). The third kappa shape index (κ3) is 5.52. The highest BCUT2D eigenvalue weighted by molar-refractivity contribution is 5.76. The molecule has 1 aliphatic carbocycles. The van der Waals surface area contributed by atoms with Crippen LogP contribution >= 0.6 is 0 Å². The van der Waals surface area contributed by atoms with Gasteiger partial charge in [-0.2, -0.15) is 0 Å². The quantitative estimate of drug-likeness (QED) is 0.742. The summed E-state index contributed by atoms with van der Waals surface area (Å²) in [6.07, 6.45) is 6.27. The Morgan fingerprint density at radius 2 is 2.05 bits per heavy atom. The SMILES string of the molecule is CC[C@@H]1CN(CCC(=O)NC2CCCC2)CCN1C[C@H](C)O. The first-order chi connectivity index (χ1) is 10.6. The summed E-state index contributed by atoms with van der Waals surface area (Å²) in [5.41, 5.74) is 0. The molecule has 5 nitrogen and oxygen atoms in total. The fourth-order valence-electron chi connectivity index (χ4n) is 3.76. The van der Waals surface area contributed by atoms with Crippen LogP contribution in [0.15, 0.2) is 0 Å². The van der Waals surface area contributed by atoms with Crippen molar-refractivity contribution < 1.29 is 9.90 Å². The van der Waals surface area contributed by atoms with Crippen LogP contribution in [0.5, 0.6) is 0 Å². The van der Waals surface area contributed by atoms with E-state index in [1.54, 1.807) is 0 Å². The smallest absolute Gasteiger partial charge is 0.221 e. The molecule has 2 aliphatic rings. The van der Waals surface area contributed by atoms with Crippen LogP contribution in [0.25, 0.3) is 0 Å². The minimum atomic E-state index is -0.266. The lowest BCUT2D eigenvalue weighted by atomic mass is 10.1. The van der Waals surface area contributed by atoms with Gasteiger partial charge in [0, 0.05) is 51.2 Å². The van der Waals surface area contributed by atoms with Crippen molar-refractivity contribution in [2.24, 2.45) is 0 Å². The Labute approximate surface area is 135 Å². The first-order valence-electron chi connectivity index (χ1n) is 9.02. The van der Waals surface area contributed by atoms with E-state index >= 15 is 0 Å². The van der Waals surface area contributed by atoms with Gasteiger partial charge >= 0.3 is 0 Å². The van der Waals surface area contributed by atoms with Crippen LogP contribution in [0, 0.1) is 0 Å². The van der Waals surface area contributed by atoms with Gasteiger partial charge in [0.15, 0.2) is 0 Å². The molecule has 0 spiro atoms. The Morgan fingerprint density at radius 1 is 1.32 bits per heavy atom. The van der Waals surface area contributed by atoms with Gasteiger partial charge in [0.1, 0.15) is 0 Å². The maximum Gasteiger partial charge on any atom is 0.221 e. The predicted octanol–water partition coefficient (Wildman–Crippen LogP) is 1.21. The Bertz CT molecular complexity index is 343. The Balaban J connectivity index is 1.69. The second-order valence-corrected chi connectivity index (χ2v) is 7.01. The van der Waals surface area contributed by atoms with Crippen molar-refractivity contribution >= 4 is 5.91 Å². The first-order valence-corrected chi connectivity index (χ1v) is 9.02. The fourth-order valence-corrected chi connectivity index (χ4v) is 3.76. The van der Waals surface area contributed by atoms with Crippen LogP contribution in [-0.2, 0) is 4.79 Å². The Morgan fingerprint density at radius 3 is 2.68 bits per heavy atom. The normalized spacial score (nSPS) is 26.2. The second-order valence-electron chi connectivity index (χ2n) is 7.01. The average Bonchev–Trinajstić information content (AvgIpc) is 2.98. The molecule has 5 heteroatoms. The molecule has 1 aliphatic heterocycles. The number of piperazine rings is 1. The number of hydrogen-bond acceptors (Lipinski definition) is 4. The van der Waals surface area contributed by atoms with E-state index in [0.29, 0.717) is 18.5 Å². The highest BCUT2D eigenvalue weighted by Gasteiger charge is 2.26. The molecule has 0 unspecified atom stereocenters. The molecule has 128 valence electrons. The van der Waals surface area contributed by atoms with E-state index in [4.69, 9.17) is 0 Å². The molecule has 1 saturated heterocycles. The predicted molar refractivity (Wildman–Crippen MR) is 88.8 cm³/mol. The lowest BCUT2D eigenvalue weighted by Crippen LogP contribution is -2.54. The highest BCUT2D eigenvalue weighted by atomic mass is 16.3. The number of rotatable bonds is 7. The zero-order chi connectivity index (χ0) is 15.9. The van der Waals surface area contributed by atoms with Crippen molar-refractivity contribution in [1.29, 1.82) is 0 Å². The summed E-state index contributed by atoms with van der Waals surface area (Å²) >= 11 is 0. The summed E-state index contributed by atoms with van der Waals surface area (Å²) in [6.45, 7) is 8.68. The van der Waals surface area contributed by atoms with Gasteiger partial charge in [-0.05, 0) is 26.2 Å². The minimum Gasteiger partial charge on any atom is -0.392 e. The summed E-state index contributed by atoms with van der Waals surface area (Å²) in [4.78, 5) is 16.8. The van der Waals surface area contributed by atoms with Crippen molar-refractivity contribution in [3.8, 4) is 0 Å². The fraction of sp³-hybridized carbons (Fsp3) is 0.941. The summed E-state index contributed by atoms with van der Waals surface area (Å²) in [7, 11) is 0. The maximum atomic E-state index is 12.0. The number of hydrogen-bond donors (Lipinski definition) is 2. The number of carbonyl (C=O) groups is 1. The Kier molecular flexibility index (Phi) is 7.12. The zero-order valence-electron chi connectivity index (χ0n) is 14.3. The van der Waals surface area contributed by atoms with Crippen LogP contribution in [-0.4, -0.2) is 71.7 Å². The van der Waals surface area contributed by atoms with Gasteiger partial charge < -0.3 is 10.4 Å². The summed E-state index contributed by atoms with van der Waals surface area (Å²) in [5, 5.41) is 12.8. The molecule has 1 amide bonds. The van der Waals surface area contributed by atoms with Gasteiger partial charge in [-0.1, -0.05) is 19.8 Å². The molecule has 0 aromatic rings. The molecule has 0 aromatic carbocycles. The Hall–Kier alpha value is -0.650. The topological polar surface area (TPSA) is 55.8 Å². The molecule has 0 bridgehead atoms. The van der Waals surface area contributed by atoms with Crippen LogP contribution in [0.3, 0.4) is 0 Å². The number of amides is 1. The van der Waals surface area contributed by atoms with E-state index in [1.807, 2.05) is 6.92 Å². The lowest BCUT2D eigenvalue weighted by Gasteiger charge is -2.41. The van der Waals surface area contributed by atoms with Crippen molar-refractivity contribution in [3.63, 3.8) is 0 Å².